The van der Waals surface area contributed by atoms with Gasteiger partial charge in [-0.05, 0) is 35.7 Å². The Bertz CT molecular complexity index is 770. The van der Waals surface area contributed by atoms with Crippen molar-refractivity contribution in [2.75, 3.05) is 24.9 Å². The maximum atomic E-state index is 12.1. The molecule has 0 aliphatic rings. The van der Waals surface area contributed by atoms with Crippen LogP contribution in [0.5, 0.6) is 11.5 Å². The third-order valence-electron chi connectivity index (χ3n) is 3.87. The molecule has 0 spiro atoms. The van der Waals surface area contributed by atoms with Gasteiger partial charge < -0.3 is 20.1 Å². The second-order valence-corrected chi connectivity index (χ2v) is 6.12. The van der Waals surface area contributed by atoms with Gasteiger partial charge in [0.05, 0.1) is 19.9 Å². The number of rotatable bonds is 7. The standard InChI is InChI=1S/C20H24N2O4/c1-13(2)14-5-7-15(8-6-14)21-19(23)12-20(24)22-17-10-9-16(25-3)11-18(17)26-4/h5-11,13H,12H2,1-4H3,(H,21,23)(H,22,24). The second kappa shape index (κ2) is 8.89. The molecule has 0 unspecified atom stereocenters. The Balaban J connectivity index is 1.94. The lowest BCUT2D eigenvalue weighted by Crippen LogP contribution is -2.21. The van der Waals surface area contributed by atoms with E-state index in [0.29, 0.717) is 28.8 Å². The van der Waals surface area contributed by atoms with Gasteiger partial charge in [-0.15, -0.1) is 0 Å². The summed E-state index contributed by atoms with van der Waals surface area (Å²) in [6, 6.07) is 12.6. The van der Waals surface area contributed by atoms with Crippen molar-refractivity contribution in [3.8, 4) is 11.5 Å². The highest BCUT2D eigenvalue weighted by Crippen LogP contribution is 2.29. The summed E-state index contributed by atoms with van der Waals surface area (Å²) in [7, 11) is 3.04. The molecule has 0 aromatic heterocycles. The fraction of sp³-hybridized carbons (Fsp3) is 0.300. The van der Waals surface area contributed by atoms with Gasteiger partial charge in [-0.3, -0.25) is 9.59 Å². The van der Waals surface area contributed by atoms with E-state index < -0.39 is 5.91 Å². The Labute approximate surface area is 153 Å². The molecule has 0 heterocycles. The third kappa shape index (κ3) is 5.24. The van der Waals surface area contributed by atoms with Gasteiger partial charge in [-0.2, -0.15) is 0 Å². The SMILES string of the molecule is COc1ccc(NC(=O)CC(=O)Nc2ccc(C(C)C)cc2)c(OC)c1. The summed E-state index contributed by atoms with van der Waals surface area (Å²) in [5.41, 5.74) is 2.33. The number of ether oxygens (including phenoxy) is 2. The average Bonchev–Trinajstić information content (AvgIpc) is 2.62. The maximum absolute atomic E-state index is 12.1. The lowest BCUT2D eigenvalue weighted by molar-refractivity contribution is -0.123. The van der Waals surface area contributed by atoms with Crippen molar-refractivity contribution in [1.29, 1.82) is 0 Å². The molecule has 2 aromatic rings. The van der Waals surface area contributed by atoms with Crippen molar-refractivity contribution in [3.63, 3.8) is 0 Å². The molecule has 2 amide bonds. The van der Waals surface area contributed by atoms with Gasteiger partial charge in [-0.1, -0.05) is 26.0 Å². The van der Waals surface area contributed by atoms with Crippen LogP contribution in [0.3, 0.4) is 0 Å². The summed E-state index contributed by atoms with van der Waals surface area (Å²) in [6.45, 7) is 4.21. The highest BCUT2D eigenvalue weighted by Gasteiger charge is 2.13. The lowest BCUT2D eigenvalue weighted by Gasteiger charge is -2.12. The van der Waals surface area contributed by atoms with Crippen LogP contribution in [-0.2, 0) is 9.59 Å². The number of hydrogen-bond donors (Lipinski definition) is 2. The first-order valence-corrected chi connectivity index (χ1v) is 8.34. The number of amides is 2. The monoisotopic (exact) mass is 356 g/mol. The van der Waals surface area contributed by atoms with Crippen LogP contribution in [0.15, 0.2) is 42.5 Å². The number of methoxy groups -OCH3 is 2. The van der Waals surface area contributed by atoms with Crippen LogP contribution in [0.1, 0.15) is 31.7 Å². The molecule has 2 rings (SSSR count). The Morgan fingerprint density at radius 3 is 2.15 bits per heavy atom. The Morgan fingerprint density at radius 1 is 0.923 bits per heavy atom. The van der Waals surface area contributed by atoms with E-state index in [2.05, 4.69) is 24.5 Å². The molecule has 6 nitrogen and oxygen atoms in total. The number of benzene rings is 2. The molecule has 0 saturated heterocycles. The number of carbonyl (C=O) groups excluding carboxylic acids is 2. The van der Waals surface area contributed by atoms with Crippen molar-refractivity contribution < 1.29 is 19.1 Å². The van der Waals surface area contributed by atoms with Gasteiger partial charge >= 0.3 is 0 Å². The summed E-state index contributed by atoms with van der Waals surface area (Å²) in [4.78, 5) is 24.2. The molecule has 0 bridgehead atoms. The highest BCUT2D eigenvalue weighted by molar-refractivity contribution is 6.08. The molecular formula is C20H24N2O4. The van der Waals surface area contributed by atoms with E-state index in [1.54, 1.807) is 25.3 Å². The first-order chi connectivity index (χ1) is 12.4. The van der Waals surface area contributed by atoms with Gasteiger partial charge in [0, 0.05) is 11.8 Å². The predicted octanol–water partition coefficient (Wildman–Crippen LogP) is 3.79. The Kier molecular flexibility index (Phi) is 6.60. The number of nitrogens with one attached hydrogen (secondary N) is 2. The minimum Gasteiger partial charge on any atom is -0.497 e. The molecule has 0 saturated carbocycles. The fourth-order valence-corrected chi connectivity index (χ4v) is 2.40. The van der Waals surface area contributed by atoms with E-state index in [1.807, 2.05) is 24.3 Å². The first kappa shape index (κ1) is 19.3. The summed E-state index contributed by atoms with van der Waals surface area (Å²) < 4.78 is 10.3. The van der Waals surface area contributed by atoms with Gasteiger partial charge in [0.2, 0.25) is 11.8 Å². The van der Waals surface area contributed by atoms with Crippen LogP contribution in [0.25, 0.3) is 0 Å². The summed E-state index contributed by atoms with van der Waals surface area (Å²) in [5.74, 6) is 0.687. The van der Waals surface area contributed by atoms with E-state index >= 15 is 0 Å². The molecular weight excluding hydrogens is 332 g/mol. The van der Waals surface area contributed by atoms with Crippen LogP contribution >= 0.6 is 0 Å². The predicted molar refractivity (Wildman–Crippen MR) is 102 cm³/mol. The number of anilines is 2. The number of hydrogen-bond acceptors (Lipinski definition) is 4. The van der Waals surface area contributed by atoms with E-state index in [4.69, 9.17) is 9.47 Å². The van der Waals surface area contributed by atoms with Crippen LogP contribution < -0.4 is 20.1 Å². The van der Waals surface area contributed by atoms with Crippen LogP contribution in [0.4, 0.5) is 11.4 Å². The van der Waals surface area contributed by atoms with Crippen LogP contribution in [-0.4, -0.2) is 26.0 Å². The quantitative estimate of drug-likeness (QED) is 0.740. The summed E-state index contributed by atoms with van der Waals surface area (Å²) in [5, 5.41) is 5.39. The minimum atomic E-state index is -0.426. The van der Waals surface area contributed by atoms with Crippen molar-refractivity contribution in [3.05, 3.63) is 48.0 Å². The second-order valence-electron chi connectivity index (χ2n) is 6.12. The largest absolute Gasteiger partial charge is 0.497 e. The summed E-state index contributed by atoms with van der Waals surface area (Å²) >= 11 is 0. The average molecular weight is 356 g/mol. The Morgan fingerprint density at radius 2 is 1.58 bits per heavy atom. The molecule has 0 aliphatic carbocycles. The van der Waals surface area contributed by atoms with Crippen LogP contribution in [0.2, 0.25) is 0 Å². The van der Waals surface area contributed by atoms with Crippen molar-refractivity contribution >= 4 is 23.2 Å². The Hall–Kier alpha value is -3.02. The van der Waals surface area contributed by atoms with Crippen molar-refractivity contribution in [2.45, 2.75) is 26.2 Å². The lowest BCUT2D eigenvalue weighted by atomic mass is 10.0. The van der Waals surface area contributed by atoms with Gasteiger partial charge in [0.25, 0.3) is 0 Å². The molecule has 0 atom stereocenters. The minimum absolute atomic E-state index is 0.291. The zero-order valence-corrected chi connectivity index (χ0v) is 15.5. The maximum Gasteiger partial charge on any atom is 0.233 e. The molecule has 26 heavy (non-hydrogen) atoms. The normalized spacial score (nSPS) is 10.3. The highest BCUT2D eigenvalue weighted by atomic mass is 16.5. The summed E-state index contributed by atoms with van der Waals surface area (Å²) in [6.07, 6.45) is -0.291. The molecule has 138 valence electrons. The van der Waals surface area contributed by atoms with Crippen molar-refractivity contribution in [2.24, 2.45) is 0 Å². The van der Waals surface area contributed by atoms with Crippen LogP contribution in [0, 0.1) is 0 Å². The van der Waals surface area contributed by atoms with Crippen molar-refractivity contribution in [1.82, 2.24) is 0 Å². The fourth-order valence-electron chi connectivity index (χ4n) is 2.40. The molecule has 6 heteroatoms. The third-order valence-corrected chi connectivity index (χ3v) is 3.87. The van der Waals surface area contributed by atoms with E-state index in [0.717, 1.165) is 0 Å². The first-order valence-electron chi connectivity index (χ1n) is 8.34. The molecule has 2 aromatic carbocycles. The zero-order chi connectivity index (χ0) is 19.1. The molecule has 0 aliphatic heterocycles. The van der Waals surface area contributed by atoms with E-state index in [-0.39, 0.29) is 12.3 Å². The molecule has 0 radical (unpaired) electrons. The smallest absolute Gasteiger partial charge is 0.233 e. The zero-order valence-electron chi connectivity index (χ0n) is 15.5. The van der Waals surface area contributed by atoms with E-state index in [9.17, 15) is 9.59 Å². The van der Waals surface area contributed by atoms with Gasteiger partial charge in [-0.25, -0.2) is 0 Å². The van der Waals surface area contributed by atoms with E-state index in [1.165, 1.54) is 12.7 Å². The molecule has 0 fully saturated rings. The molecule has 2 N–H and O–H groups in total. The van der Waals surface area contributed by atoms with Gasteiger partial charge in [0.1, 0.15) is 17.9 Å². The topological polar surface area (TPSA) is 76.7 Å². The number of carbonyl (C=O) groups is 2. The van der Waals surface area contributed by atoms with Gasteiger partial charge in [0.15, 0.2) is 0 Å².